The van der Waals surface area contributed by atoms with Crippen LogP contribution < -0.4 is 0 Å². The Morgan fingerprint density at radius 3 is 2.53 bits per heavy atom. The summed E-state index contributed by atoms with van der Waals surface area (Å²) >= 11 is 0. The summed E-state index contributed by atoms with van der Waals surface area (Å²) in [6.07, 6.45) is 1.87. The minimum Gasteiger partial charge on any atom is -0.369 e. The minimum absolute atomic E-state index is 0.184. The van der Waals surface area contributed by atoms with E-state index in [2.05, 4.69) is 54.4 Å². The molecule has 0 saturated carbocycles. The summed E-state index contributed by atoms with van der Waals surface area (Å²) in [6.45, 7) is 2.13. The monoisotopic (exact) mass is 226 g/mol. The Morgan fingerprint density at radius 2 is 1.76 bits per heavy atom. The molecule has 0 fully saturated rings. The lowest BCUT2D eigenvalue weighted by Gasteiger charge is -2.12. The molecule has 0 bridgehead atoms. The van der Waals surface area contributed by atoms with Gasteiger partial charge in [0.25, 0.3) is 0 Å². The van der Waals surface area contributed by atoms with Crippen LogP contribution in [0.3, 0.4) is 0 Å². The van der Waals surface area contributed by atoms with Crippen LogP contribution in [0.5, 0.6) is 0 Å². The van der Waals surface area contributed by atoms with Gasteiger partial charge in [-0.05, 0) is 23.3 Å². The Morgan fingerprint density at radius 1 is 1.06 bits per heavy atom. The molecule has 1 unspecified atom stereocenters. The molecule has 0 spiro atoms. The normalized spacial score (nSPS) is 13.1. The van der Waals surface area contributed by atoms with Crippen molar-refractivity contribution in [1.29, 1.82) is 0 Å². The van der Waals surface area contributed by atoms with Crippen LogP contribution in [-0.2, 0) is 0 Å². The van der Waals surface area contributed by atoms with Gasteiger partial charge in [0.15, 0.2) is 0 Å². The average Bonchev–Trinajstić information content (AvgIpc) is 2.35. The Bertz CT molecular complexity index is 524. The second kappa shape index (κ2) is 5.00. The van der Waals surface area contributed by atoms with E-state index >= 15 is 0 Å². The smallest absolute Gasteiger partial charge is 0.0852 e. The quantitative estimate of drug-likeness (QED) is 0.578. The Labute approximate surface area is 103 Å². The Hall–Kier alpha value is -1.83. The van der Waals surface area contributed by atoms with Crippen molar-refractivity contribution < 1.29 is 0 Å². The van der Waals surface area contributed by atoms with E-state index in [1.54, 1.807) is 0 Å². The lowest BCUT2D eigenvalue weighted by atomic mass is 10.0. The van der Waals surface area contributed by atoms with E-state index in [1.807, 2.05) is 25.3 Å². The van der Waals surface area contributed by atoms with Crippen LogP contribution in [0.15, 0.2) is 47.5 Å². The molecule has 2 aromatic rings. The summed E-state index contributed by atoms with van der Waals surface area (Å²) in [5, 5.41) is 2.57. The van der Waals surface area contributed by atoms with Crippen molar-refractivity contribution >= 4 is 17.1 Å². The first-order valence-corrected chi connectivity index (χ1v) is 5.86. The number of hydrogen-bond acceptors (Lipinski definition) is 1. The molecule has 1 atom stereocenters. The van der Waals surface area contributed by atoms with E-state index in [4.69, 9.17) is 0 Å². The highest BCUT2D eigenvalue weighted by Crippen LogP contribution is 2.25. The number of fused-ring (bicyclic) bond motifs is 1. The molecule has 88 valence electrons. The highest BCUT2D eigenvalue weighted by atomic mass is 15.1. The lowest BCUT2D eigenvalue weighted by Crippen LogP contribution is -2.08. The van der Waals surface area contributed by atoms with Crippen LogP contribution in [0.25, 0.3) is 10.8 Å². The van der Waals surface area contributed by atoms with Gasteiger partial charge in [-0.15, -0.1) is 0 Å². The third-order valence-corrected chi connectivity index (χ3v) is 2.79. The SMILES string of the molecule is CC(N=CN(C)C)c1cccc2ccccc12. The summed E-state index contributed by atoms with van der Waals surface area (Å²) in [5.74, 6) is 0. The van der Waals surface area contributed by atoms with E-state index in [9.17, 15) is 0 Å². The maximum Gasteiger partial charge on any atom is 0.0852 e. The summed E-state index contributed by atoms with van der Waals surface area (Å²) in [6, 6.07) is 15.0. The zero-order valence-corrected chi connectivity index (χ0v) is 10.6. The molecule has 0 aromatic heterocycles. The van der Waals surface area contributed by atoms with Gasteiger partial charge >= 0.3 is 0 Å². The topological polar surface area (TPSA) is 15.6 Å². The van der Waals surface area contributed by atoms with Crippen molar-refractivity contribution in [2.45, 2.75) is 13.0 Å². The van der Waals surface area contributed by atoms with Crippen molar-refractivity contribution in [3.8, 4) is 0 Å². The molecule has 2 rings (SSSR count). The molecule has 2 aromatic carbocycles. The second-order valence-corrected chi connectivity index (χ2v) is 4.47. The highest BCUT2D eigenvalue weighted by molar-refractivity contribution is 5.86. The number of rotatable bonds is 3. The van der Waals surface area contributed by atoms with Gasteiger partial charge in [-0.2, -0.15) is 0 Å². The van der Waals surface area contributed by atoms with Crippen LogP contribution in [0.2, 0.25) is 0 Å². The van der Waals surface area contributed by atoms with Crippen LogP contribution >= 0.6 is 0 Å². The number of benzene rings is 2. The van der Waals surface area contributed by atoms with Gasteiger partial charge in [0.2, 0.25) is 0 Å². The molecule has 2 nitrogen and oxygen atoms in total. The second-order valence-electron chi connectivity index (χ2n) is 4.47. The van der Waals surface area contributed by atoms with Crippen LogP contribution in [-0.4, -0.2) is 25.3 Å². The summed E-state index contributed by atoms with van der Waals surface area (Å²) in [7, 11) is 3.97. The molecule has 0 saturated heterocycles. The van der Waals surface area contributed by atoms with E-state index in [1.165, 1.54) is 16.3 Å². The maximum absolute atomic E-state index is 4.54. The summed E-state index contributed by atoms with van der Waals surface area (Å²) < 4.78 is 0. The number of aliphatic imine (C=N–C) groups is 1. The van der Waals surface area contributed by atoms with E-state index in [-0.39, 0.29) is 6.04 Å². The summed E-state index contributed by atoms with van der Waals surface area (Å²) in [4.78, 5) is 6.50. The van der Waals surface area contributed by atoms with Gasteiger partial charge < -0.3 is 4.90 Å². The molecule has 0 amide bonds. The van der Waals surface area contributed by atoms with E-state index < -0.39 is 0 Å². The average molecular weight is 226 g/mol. The molecule has 0 aliphatic heterocycles. The Kier molecular flexibility index (Phi) is 3.43. The fourth-order valence-corrected chi connectivity index (χ4v) is 1.93. The first-order chi connectivity index (χ1) is 8.18. The largest absolute Gasteiger partial charge is 0.369 e. The highest BCUT2D eigenvalue weighted by Gasteiger charge is 2.06. The maximum atomic E-state index is 4.54. The number of nitrogens with zero attached hydrogens (tertiary/aromatic N) is 2. The third kappa shape index (κ3) is 2.64. The predicted octanol–water partition coefficient (Wildman–Crippen LogP) is 3.49. The molecule has 2 heteroatoms. The van der Waals surface area contributed by atoms with Crippen molar-refractivity contribution in [2.24, 2.45) is 4.99 Å². The fraction of sp³-hybridized carbons (Fsp3) is 0.267. The fourth-order valence-electron chi connectivity index (χ4n) is 1.93. The molecular weight excluding hydrogens is 208 g/mol. The summed E-state index contributed by atoms with van der Waals surface area (Å²) in [5.41, 5.74) is 1.28. The van der Waals surface area contributed by atoms with Crippen molar-refractivity contribution in [3.05, 3.63) is 48.0 Å². The van der Waals surface area contributed by atoms with Crippen molar-refractivity contribution in [2.75, 3.05) is 14.1 Å². The zero-order valence-electron chi connectivity index (χ0n) is 10.6. The predicted molar refractivity (Wildman–Crippen MR) is 74.5 cm³/mol. The zero-order chi connectivity index (χ0) is 12.3. The van der Waals surface area contributed by atoms with Crippen molar-refractivity contribution in [1.82, 2.24) is 4.90 Å². The van der Waals surface area contributed by atoms with Crippen LogP contribution in [0, 0.1) is 0 Å². The Balaban J connectivity index is 2.41. The lowest BCUT2D eigenvalue weighted by molar-refractivity contribution is 0.631. The first-order valence-electron chi connectivity index (χ1n) is 5.86. The van der Waals surface area contributed by atoms with Gasteiger partial charge in [-0.3, -0.25) is 4.99 Å². The van der Waals surface area contributed by atoms with E-state index in [0.29, 0.717) is 0 Å². The number of hydrogen-bond donors (Lipinski definition) is 0. The van der Waals surface area contributed by atoms with Gasteiger partial charge in [0, 0.05) is 14.1 Å². The minimum atomic E-state index is 0.184. The first kappa shape index (κ1) is 11.6. The van der Waals surface area contributed by atoms with E-state index in [0.717, 1.165) is 0 Å². The van der Waals surface area contributed by atoms with Crippen LogP contribution in [0.4, 0.5) is 0 Å². The molecular formula is C15H18N2. The van der Waals surface area contributed by atoms with Crippen LogP contribution in [0.1, 0.15) is 18.5 Å². The standard InChI is InChI=1S/C15H18N2/c1-12(16-11-17(2)3)14-10-6-8-13-7-4-5-9-15(13)14/h4-12H,1-3H3. The van der Waals surface area contributed by atoms with Gasteiger partial charge in [-0.25, -0.2) is 0 Å². The van der Waals surface area contributed by atoms with Gasteiger partial charge in [0.05, 0.1) is 12.4 Å². The molecule has 0 heterocycles. The van der Waals surface area contributed by atoms with Crippen molar-refractivity contribution in [3.63, 3.8) is 0 Å². The molecule has 0 radical (unpaired) electrons. The molecule has 17 heavy (non-hydrogen) atoms. The van der Waals surface area contributed by atoms with Gasteiger partial charge in [0.1, 0.15) is 0 Å². The van der Waals surface area contributed by atoms with Gasteiger partial charge in [-0.1, -0.05) is 42.5 Å². The molecule has 0 aliphatic carbocycles. The third-order valence-electron chi connectivity index (χ3n) is 2.79. The molecule has 0 N–H and O–H groups in total. The molecule has 0 aliphatic rings.